The van der Waals surface area contributed by atoms with Gasteiger partial charge in [0.1, 0.15) is 5.82 Å². The SMILES string of the molecule is Cn1c(CN)nnc1SCc1ccccc1C(N)=O. The van der Waals surface area contributed by atoms with Gasteiger partial charge >= 0.3 is 0 Å². The van der Waals surface area contributed by atoms with E-state index in [9.17, 15) is 4.79 Å². The average Bonchev–Trinajstić information content (AvgIpc) is 2.77. The Morgan fingerprint density at radius 2 is 2.11 bits per heavy atom. The van der Waals surface area contributed by atoms with E-state index in [1.165, 1.54) is 11.8 Å². The lowest BCUT2D eigenvalue weighted by molar-refractivity contribution is 0.0999. The standard InChI is InChI=1S/C12H15N5OS/c1-17-10(6-13)15-16-12(17)19-7-8-4-2-3-5-9(8)11(14)18/h2-5H,6-7,13H2,1H3,(H2,14,18). The minimum atomic E-state index is -0.420. The monoisotopic (exact) mass is 277 g/mol. The number of benzene rings is 1. The Bertz CT molecular complexity index is 596. The largest absolute Gasteiger partial charge is 0.366 e. The number of thioether (sulfide) groups is 1. The van der Waals surface area contributed by atoms with Crippen molar-refractivity contribution in [3.8, 4) is 0 Å². The molecule has 0 fully saturated rings. The summed E-state index contributed by atoms with van der Waals surface area (Å²) < 4.78 is 1.84. The van der Waals surface area contributed by atoms with Crippen LogP contribution in [0.3, 0.4) is 0 Å². The van der Waals surface area contributed by atoms with Crippen LogP contribution in [0.15, 0.2) is 29.4 Å². The molecule has 2 rings (SSSR count). The number of primary amides is 1. The molecule has 0 spiro atoms. The molecule has 0 saturated carbocycles. The van der Waals surface area contributed by atoms with E-state index in [0.29, 0.717) is 17.9 Å². The third-order valence-electron chi connectivity index (χ3n) is 2.75. The number of amides is 1. The molecule has 1 aromatic heterocycles. The number of carbonyl (C=O) groups is 1. The van der Waals surface area contributed by atoms with Gasteiger partial charge in [0.15, 0.2) is 5.16 Å². The zero-order chi connectivity index (χ0) is 13.8. The van der Waals surface area contributed by atoms with E-state index in [0.717, 1.165) is 16.5 Å². The fourth-order valence-electron chi connectivity index (χ4n) is 1.68. The van der Waals surface area contributed by atoms with Crippen LogP contribution in [0.25, 0.3) is 0 Å². The highest BCUT2D eigenvalue weighted by Gasteiger charge is 2.11. The van der Waals surface area contributed by atoms with Gasteiger partial charge in [-0.1, -0.05) is 30.0 Å². The number of carbonyl (C=O) groups excluding carboxylic acids is 1. The van der Waals surface area contributed by atoms with Gasteiger partial charge < -0.3 is 16.0 Å². The van der Waals surface area contributed by atoms with Crippen LogP contribution in [-0.4, -0.2) is 20.7 Å². The van der Waals surface area contributed by atoms with E-state index in [1.807, 2.05) is 23.7 Å². The molecule has 6 nitrogen and oxygen atoms in total. The van der Waals surface area contributed by atoms with Gasteiger partial charge in [-0.3, -0.25) is 4.79 Å². The summed E-state index contributed by atoms with van der Waals surface area (Å²) in [6, 6.07) is 7.28. The first-order chi connectivity index (χ1) is 9.13. The molecule has 0 atom stereocenters. The summed E-state index contributed by atoms with van der Waals surface area (Å²) in [6.07, 6.45) is 0. The topological polar surface area (TPSA) is 99.8 Å². The van der Waals surface area contributed by atoms with Crippen molar-refractivity contribution >= 4 is 17.7 Å². The molecule has 0 aliphatic rings. The maximum Gasteiger partial charge on any atom is 0.249 e. The zero-order valence-electron chi connectivity index (χ0n) is 10.5. The van der Waals surface area contributed by atoms with Crippen LogP contribution < -0.4 is 11.5 Å². The molecule has 4 N–H and O–H groups in total. The molecule has 0 aliphatic carbocycles. The molecular weight excluding hydrogens is 262 g/mol. The first kappa shape index (κ1) is 13.6. The lowest BCUT2D eigenvalue weighted by atomic mass is 10.1. The van der Waals surface area contributed by atoms with Crippen molar-refractivity contribution in [1.82, 2.24) is 14.8 Å². The van der Waals surface area contributed by atoms with Gasteiger partial charge in [0.05, 0.1) is 6.54 Å². The van der Waals surface area contributed by atoms with Crippen molar-refractivity contribution in [3.05, 3.63) is 41.2 Å². The van der Waals surface area contributed by atoms with E-state index in [2.05, 4.69) is 10.2 Å². The Morgan fingerprint density at radius 1 is 1.37 bits per heavy atom. The third-order valence-corrected chi connectivity index (χ3v) is 3.82. The van der Waals surface area contributed by atoms with Gasteiger partial charge in [-0.05, 0) is 11.6 Å². The Morgan fingerprint density at radius 3 is 2.74 bits per heavy atom. The fourth-order valence-corrected chi connectivity index (χ4v) is 2.61. The Kier molecular flexibility index (Phi) is 4.18. The highest BCUT2D eigenvalue weighted by Crippen LogP contribution is 2.22. The van der Waals surface area contributed by atoms with Crippen LogP contribution in [0, 0.1) is 0 Å². The highest BCUT2D eigenvalue weighted by atomic mass is 32.2. The summed E-state index contributed by atoms with van der Waals surface area (Å²) in [5, 5.41) is 8.80. The van der Waals surface area contributed by atoms with Crippen LogP contribution in [0.1, 0.15) is 21.7 Å². The predicted molar refractivity (Wildman–Crippen MR) is 73.4 cm³/mol. The number of hydrogen-bond acceptors (Lipinski definition) is 5. The molecule has 2 aromatic rings. The van der Waals surface area contributed by atoms with Crippen molar-refractivity contribution < 1.29 is 4.79 Å². The lowest BCUT2D eigenvalue weighted by Crippen LogP contribution is -2.13. The molecule has 0 aliphatic heterocycles. The van der Waals surface area contributed by atoms with E-state index >= 15 is 0 Å². The van der Waals surface area contributed by atoms with Crippen LogP contribution in [-0.2, 0) is 19.3 Å². The summed E-state index contributed by atoms with van der Waals surface area (Å²) in [4.78, 5) is 11.3. The van der Waals surface area contributed by atoms with E-state index < -0.39 is 5.91 Å². The van der Waals surface area contributed by atoms with Crippen molar-refractivity contribution in [2.24, 2.45) is 18.5 Å². The molecule has 0 unspecified atom stereocenters. The first-order valence-electron chi connectivity index (χ1n) is 5.72. The summed E-state index contributed by atoms with van der Waals surface area (Å²) in [5.74, 6) is 0.915. The second kappa shape index (κ2) is 5.85. The minimum Gasteiger partial charge on any atom is -0.366 e. The van der Waals surface area contributed by atoms with Gasteiger partial charge in [0.2, 0.25) is 5.91 Å². The van der Waals surface area contributed by atoms with Crippen molar-refractivity contribution in [2.45, 2.75) is 17.5 Å². The van der Waals surface area contributed by atoms with Crippen molar-refractivity contribution in [3.63, 3.8) is 0 Å². The van der Waals surface area contributed by atoms with Crippen LogP contribution >= 0.6 is 11.8 Å². The summed E-state index contributed by atoms with van der Waals surface area (Å²) >= 11 is 1.49. The highest BCUT2D eigenvalue weighted by molar-refractivity contribution is 7.98. The quantitative estimate of drug-likeness (QED) is 0.782. The fraction of sp³-hybridized carbons (Fsp3) is 0.250. The smallest absolute Gasteiger partial charge is 0.249 e. The maximum absolute atomic E-state index is 11.3. The van der Waals surface area contributed by atoms with E-state index in [-0.39, 0.29) is 0 Å². The Hall–Kier alpha value is -1.86. The zero-order valence-corrected chi connectivity index (χ0v) is 11.4. The van der Waals surface area contributed by atoms with Gasteiger partial charge in [-0.2, -0.15) is 0 Å². The molecule has 0 radical (unpaired) electrons. The van der Waals surface area contributed by atoms with Gasteiger partial charge in [0, 0.05) is 18.4 Å². The number of aromatic nitrogens is 3. The van der Waals surface area contributed by atoms with E-state index in [1.54, 1.807) is 12.1 Å². The average molecular weight is 277 g/mol. The minimum absolute atomic E-state index is 0.349. The molecule has 0 bridgehead atoms. The van der Waals surface area contributed by atoms with E-state index in [4.69, 9.17) is 11.5 Å². The Balaban J connectivity index is 2.14. The van der Waals surface area contributed by atoms with Crippen LogP contribution in [0.2, 0.25) is 0 Å². The van der Waals surface area contributed by atoms with Gasteiger partial charge in [-0.25, -0.2) is 0 Å². The van der Waals surface area contributed by atoms with Crippen LogP contribution in [0.4, 0.5) is 0 Å². The molecular formula is C12H15N5OS. The molecule has 1 aromatic carbocycles. The van der Waals surface area contributed by atoms with Gasteiger partial charge in [0.25, 0.3) is 0 Å². The predicted octanol–water partition coefficient (Wildman–Crippen LogP) is 0.665. The number of hydrogen-bond donors (Lipinski definition) is 2. The summed E-state index contributed by atoms with van der Waals surface area (Å²) in [5.41, 5.74) is 12.3. The molecule has 100 valence electrons. The molecule has 1 amide bonds. The third kappa shape index (κ3) is 2.94. The van der Waals surface area contributed by atoms with Crippen LogP contribution in [0.5, 0.6) is 0 Å². The maximum atomic E-state index is 11.3. The second-order valence-corrected chi connectivity index (χ2v) is 4.91. The normalized spacial score (nSPS) is 10.6. The summed E-state index contributed by atoms with van der Waals surface area (Å²) in [6.45, 7) is 0.349. The molecule has 1 heterocycles. The van der Waals surface area contributed by atoms with Crippen molar-refractivity contribution in [1.29, 1.82) is 0 Å². The molecule has 0 saturated heterocycles. The molecule has 7 heteroatoms. The molecule has 19 heavy (non-hydrogen) atoms. The Labute approximate surface area is 115 Å². The number of nitrogens with two attached hydrogens (primary N) is 2. The summed E-state index contributed by atoms with van der Waals surface area (Å²) in [7, 11) is 1.87. The van der Waals surface area contributed by atoms with Gasteiger partial charge in [-0.15, -0.1) is 10.2 Å². The number of nitrogens with zero attached hydrogens (tertiary/aromatic N) is 3. The number of rotatable bonds is 5. The van der Waals surface area contributed by atoms with Crippen molar-refractivity contribution in [2.75, 3.05) is 0 Å². The first-order valence-corrected chi connectivity index (χ1v) is 6.71. The lowest BCUT2D eigenvalue weighted by Gasteiger charge is -2.06. The second-order valence-electron chi connectivity index (χ2n) is 3.97.